The molecule has 0 saturated heterocycles. The van der Waals surface area contributed by atoms with Crippen LogP contribution in [0.1, 0.15) is 90.9 Å². The number of unbranched alkanes of at least 4 members (excludes halogenated alkanes) is 6. The van der Waals surface area contributed by atoms with Gasteiger partial charge in [0.1, 0.15) is 0 Å². The molecule has 1 fully saturated rings. The Balaban J connectivity index is 2.05. The van der Waals surface area contributed by atoms with Crippen molar-refractivity contribution in [3.8, 4) is 0 Å². The summed E-state index contributed by atoms with van der Waals surface area (Å²) in [7, 11) is 0. The lowest BCUT2D eigenvalue weighted by Crippen LogP contribution is -2.28. The highest BCUT2D eigenvalue weighted by molar-refractivity contribution is 5.75. The van der Waals surface area contributed by atoms with E-state index in [0.717, 1.165) is 44.9 Å². The highest BCUT2D eigenvalue weighted by atomic mass is 16.5. The van der Waals surface area contributed by atoms with E-state index in [-0.39, 0.29) is 23.8 Å². The fraction of sp³-hybridized carbons (Fsp3) is 0.900. The fourth-order valence-corrected chi connectivity index (χ4v) is 3.24. The Labute approximate surface area is 147 Å². The van der Waals surface area contributed by atoms with Crippen LogP contribution in [-0.2, 0) is 19.1 Å². The molecule has 4 heteroatoms. The Hall–Kier alpha value is -1.06. The zero-order valence-electron chi connectivity index (χ0n) is 15.7. The standard InChI is InChI=1S/C20H36O4/c1-3-5-6-7-8-9-10-16-24-20(22)18-13-11-17(12-14-18)19(21)23-15-4-2/h17-18H,3-16H2,1-2H3. The molecule has 1 aliphatic carbocycles. The Bertz CT molecular complexity index is 346. The van der Waals surface area contributed by atoms with Gasteiger partial charge < -0.3 is 9.47 Å². The molecule has 1 aliphatic rings. The second-order valence-electron chi connectivity index (χ2n) is 7.00. The van der Waals surface area contributed by atoms with Crippen molar-refractivity contribution in [2.45, 2.75) is 90.9 Å². The van der Waals surface area contributed by atoms with E-state index in [1.54, 1.807) is 0 Å². The summed E-state index contributed by atoms with van der Waals surface area (Å²) in [5, 5.41) is 0. The normalized spacial score (nSPS) is 20.6. The van der Waals surface area contributed by atoms with Crippen LogP contribution in [0.5, 0.6) is 0 Å². The van der Waals surface area contributed by atoms with Gasteiger partial charge >= 0.3 is 11.9 Å². The molecule has 0 bridgehead atoms. The summed E-state index contributed by atoms with van der Waals surface area (Å²) in [6.07, 6.45) is 12.4. The third-order valence-corrected chi connectivity index (χ3v) is 4.83. The number of carbonyl (C=O) groups excluding carboxylic acids is 2. The van der Waals surface area contributed by atoms with Crippen molar-refractivity contribution < 1.29 is 19.1 Å². The third-order valence-electron chi connectivity index (χ3n) is 4.83. The highest BCUT2D eigenvalue weighted by Crippen LogP contribution is 2.30. The first-order chi connectivity index (χ1) is 11.7. The van der Waals surface area contributed by atoms with Crippen molar-refractivity contribution in [2.24, 2.45) is 11.8 Å². The summed E-state index contributed by atoms with van der Waals surface area (Å²) in [4.78, 5) is 23.9. The molecule has 0 atom stereocenters. The smallest absolute Gasteiger partial charge is 0.308 e. The second kappa shape index (κ2) is 13.3. The van der Waals surface area contributed by atoms with Crippen molar-refractivity contribution in [1.29, 1.82) is 0 Å². The van der Waals surface area contributed by atoms with Gasteiger partial charge in [-0.25, -0.2) is 0 Å². The Morgan fingerprint density at radius 3 is 1.62 bits per heavy atom. The molecule has 0 aromatic rings. The zero-order chi connectivity index (χ0) is 17.6. The molecule has 0 amide bonds. The van der Waals surface area contributed by atoms with Crippen LogP contribution in [0.3, 0.4) is 0 Å². The molecular formula is C20H36O4. The first-order valence-electron chi connectivity index (χ1n) is 10.0. The summed E-state index contributed by atoms with van der Waals surface area (Å²) in [5.41, 5.74) is 0. The van der Waals surface area contributed by atoms with Crippen LogP contribution >= 0.6 is 0 Å². The zero-order valence-corrected chi connectivity index (χ0v) is 15.7. The van der Waals surface area contributed by atoms with E-state index in [2.05, 4.69) is 6.92 Å². The van der Waals surface area contributed by atoms with Crippen LogP contribution in [0.2, 0.25) is 0 Å². The van der Waals surface area contributed by atoms with E-state index < -0.39 is 0 Å². The van der Waals surface area contributed by atoms with Crippen molar-refractivity contribution in [1.82, 2.24) is 0 Å². The first-order valence-corrected chi connectivity index (χ1v) is 10.0. The Morgan fingerprint density at radius 2 is 1.12 bits per heavy atom. The van der Waals surface area contributed by atoms with Gasteiger partial charge in [0.25, 0.3) is 0 Å². The van der Waals surface area contributed by atoms with Gasteiger partial charge in [-0.2, -0.15) is 0 Å². The van der Waals surface area contributed by atoms with Gasteiger partial charge in [0, 0.05) is 0 Å². The summed E-state index contributed by atoms with van der Waals surface area (Å²) >= 11 is 0. The van der Waals surface area contributed by atoms with Gasteiger partial charge in [-0.05, 0) is 38.5 Å². The highest BCUT2D eigenvalue weighted by Gasteiger charge is 2.31. The van der Waals surface area contributed by atoms with Crippen molar-refractivity contribution in [3.63, 3.8) is 0 Å². The third kappa shape index (κ3) is 8.70. The monoisotopic (exact) mass is 340 g/mol. The van der Waals surface area contributed by atoms with Crippen LogP contribution in [-0.4, -0.2) is 25.2 Å². The lowest BCUT2D eigenvalue weighted by molar-refractivity contribution is -0.155. The molecule has 0 aromatic carbocycles. The van der Waals surface area contributed by atoms with Crippen molar-refractivity contribution >= 4 is 11.9 Å². The first kappa shape index (κ1) is 21.0. The van der Waals surface area contributed by atoms with E-state index in [9.17, 15) is 9.59 Å². The van der Waals surface area contributed by atoms with Gasteiger partial charge in [-0.1, -0.05) is 52.4 Å². The predicted octanol–water partition coefficient (Wildman–Crippen LogP) is 5.04. The molecular weight excluding hydrogens is 304 g/mol. The number of rotatable bonds is 12. The maximum absolute atomic E-state index is 12.1. The molecule has 0 aliphatic heterocycles. The van der Waals surface area contributed by atoms with E-state index >= 15 is 0 Å². The maximum Gasteiger partial charge on any atom is 0.308 e. The Kier molecular flexibility index (Phi) is 11.6. The number of hydrogen-bond acceptors (Lipinski definition) is 4. The average Bonchev–Trinajstić information content (AvgIpc) is 2.61. The largest absolute Gasteiger partial charge is 0.465 e. The summed E-state index contributed by atoms with van der Waals surface area (Å²) in [5.74, 6) is -0.207. The molecule has 1 saturated carbocycles. The van der Waals surface area contributed by atoms with E-state index in [0.29, 0.717) is 13.2 Å². The molecule has 0 unspecified atom stereocenters. The topological polar surface area (TPSA) is 52.6 Å². The van der Waals surface area contributed by atoms with Gasteiger partial charge in [0.2, 0.25) is 0 Å². The van der Waals surface area contributed by atoms with Gasteiger partial charge in [-0.15, -0.1) is 0 Å². The molecule has 24 heavy (non-hydrogen) atoms. The van der Waals surface area contributed by atoms with E-state index in [1.807, 2.05) is 6.92 Å². The van der Waals surface area contributed by atoms with Crippen LogP contribution in [0, 0.1) is 11.8 Å². The minimum atomic E-state index is -0.0910. The van der Waals surface area contributed by atoms with Gasteiger partial charge in [-0.3, -0.25) is 9.59 Å². The van der Waals surface area contributed by atoms with Crippen LogP contribution < -0.4 is 0 Å². The number of carbonyl (C=O) groups is 2. The number of hydrogen-bond donors (Lipinski definition) is 0. The van der Waals surface area contributed by atoms with Crippen LogP contribution in [0.15, 0.2) is 0 Å². The van der Waals surface area contributed by atoms with E-state index in [1.165, 1.54) is 32.1 Å². The summed E-state index contributed by atoms with van der Waals surface area (Å²) < 4.78 is 10.6. The summed E-state index contributed by atoms with van der Waals surface area (Å²) in [6, 6.07) is 0. The maximum atomic E-state index is 12.1. The molecule has 0 aromatic heterocycles. The van der Waals surface area contributed by atoms with Crippen molar-refractivity contribution in [2.75, 3.05) is 13.2 Å². The molecule has 4 nitrogen and oxygen atoms in total. The molecule has 0 N–H and O–H groups in total. The SMILES string of the molecule is CCCCCCCCCOC(=O)C1CCC(C(=O)OCCC)CC1. The Morgan fingerprint density at radius 1 is 0.667 bits per heavy atom. The van der Waals surface area contributed by atoms with Gasteiger partial charge in [0.15, 0.2) is 0 Å². The van der Waals surface area contributed by atoms with Crippen molar-refractivity contribution in [3.05, 3.63) is 0 Å². The fourth-order valence-electron chi connectivity index (χ4n) is 3.24. The quantitative estimate of drug-likeness (QED) is 0.369. The lowest BCUT2D eigenvalue weighted by Gasteiger charge is -2.25. The van der Waals surface area contributed by atoms with E-state index in [4.69, 9.17) is 9.47 Å². The summed E-state index contributed by atoms with van der Waals surface area (Å²) in [6.45, 7) is 5.26. The number of ether oxygens (including phenoxy) is 2. The molecule has 0 spiro atoms. The molecule has 0 radical (unpaired) electrons. The van der Waals surface area contributed by atoms with Gasteiger partial charge in [0.05, 0.1) is 25.0 Å². The molecule has 1 rings (SSSR count). The minimum absolute atomic E-state index is 0.0234. The minimum Gasteiger partial charge on any atom is -0.465 e. The molecule has 140 valence electrons. The molecule has 0 heterocycles. The number of esters is 2. The van der Waals surface area contributed by atoms with Crippen LogP contribution in [0.25, 0.3) is 0 Å². The average molecular weight is 341 g/mol. The van der Waals surface area contributed by atoms with Crippen LogP contribution in [0.4, 0.5) is 0 Å². The lowest BCUT2D eigenvalue weighted by atomic mass is 9.82. The second-order valence-corrected chi connectivity index (χ2v) is 7.00. The predicted molar refractivity (Wildman–Crippen MR) is 95.7 cm³/mol.